The Balaban J connectivity index is 2.36. The van der Waals surface area contributed by atoms with Crippen molar-refractivity contribution < 1.29 is 0 Å². The van der Waals surface area contributed by atoms with Crippen LogP contribution >= 0.6 is 11.3 Å². The molecular formula is C10H13N5S. The summed E-state index contributed by atoms with van der Waals surface area (Å²) >= 11 is 1.63. The molecule has 2 aromatic heterocycles. The number of thiophene rings is 1. The Labute approximate surface area is 97.7 Å². The van der Waals surface area contributed by atoms with Gasteiger partial charge < -0.3 is 10.7 Å². The summed E-state index contributed by atoms with van der Waals surface area (Å²) in [6.07, 6.45) is 0. The Morgan fingerprint density at radius 1 is 1.25 bits per heavy atom. The molecule has 0 amide bonds. The maximum absolute atomic E-state index is 5.40. The topological polar surface area (TPSA) is 75.9 Å². The van der Waals surface area contributed by atoms with Crippen molar-refractivity contribution in [3.8, 4) is 0 Å². The van der Waals surface area contributed by atoms with Crippen LogP contribution in [-0.4, -0.2) is 9.97 Å². The first-order valence-corrected chi connectivity index (χ1v) is 5.76. The molecule has 16 heavy (non-hydrogen) atoms. The van der Waals surface area contributed by atoms with Crippen LogP contribution in [0.3, 0.4) is 0 Å². The molecule has 0 aliphatic rings. The maximum Gasteiger partial charge on any atom is 0.148 e. The van der Waals surface area contributed by atoms with E-state index in [2.05, 4.69) is 20.7 Å². The molecule has 0 atom stereocenters. The largest absolute Gasteiger partial charge is 0.339 e. The average molecular weight is 235 g/mol. The molecule has 0 aliphatic carbocycles. The summed E-state index contributed by atoms with van der Waals surface area (Å²) < 4.78 is 0. The molecule has 6 heteroatoms. The number of rotatable bonds is 3. The predicted octanol–water partition coefficient (Wildman–Crippen LogP) is 2.18. The number of aromatic nitrogens is 2. The van der Waals surface area contributed by atoms with E-state index in [1.165, 1.54) is 0 Å². The van der Waals surface area contributed by atoms with E-state index in [0.29, 0.717) is 11.6 Å². The number of nitrogen functional groups attached to an aromatic ring is 1. The quantitative estimate of drug-likeness (QED) is 0.561. The highest BCUT2D eigenvalue weighted by Gasteiger charge is 2.08. The number of nitrogens with two attached hydrogens (primary N) is 1. The molecule has 0 spiro atoms. The first-order chi connectivity index (χ1) is 7.70. The van der Waals surface area contributed by atoms with Gasteiger partial charge in [0, 0.05) is 10.9 Å². The number of nitrogens with one attached hydrogen (secondary N) is 2. The second-order valence-electron chi connectivity index (χ2n) is 3.37. The van der Waals surface area contributed by atoms with Crippen LogP contribution < -0.4 is 16.6 Å². The third-order valence-electron chi connectivity index (χ3n) is 2.18. The second-order valence-corrected chi connectivity index (χ2v) is 4.15. The molecule has 0 radical (unpaired) electrons. The van der Waals surface area contributed by atoms with Gasteiger partial charge >= 0.3 is 0 Å². The third-order valence-corrected chi connectivity index (χ3v) is 2.86. The van der Waals surface area contributed by atoms with E-state index in [0.717, 1.165) is 17.1 Å². The van der Waals surface area contributed by atoms with Crippen molar-refractivity contribution in [2.75, 3.05) is 10.7 Å². The van der Waals surface area contributed by atoms with Crippen LogP contribution in [0.15, 0.2) is 16.8 Å². The molecule has 84 valence electrons. The Hall–Kier alpha value is -1.66. The van der Waals surface area contributed by atoms with Crippen LogP contribution in [0.5, 0.6) is 0 Å². The minimum absolute atomic E-state index is 0.644. The molecule has 2 heterocycles. The predicted molar refractivity (Wildman–Crippen MR) is 66.9 cm³/mol. The van der Waals surface area contributed by atoms with E-state index < -0.39 is 0 Å². The number of nitrogens with zero attached hydrogens (tertiary/aromatic N) is 2. The Bertz CT molecular complexity index is 480. The molecule has 4 N–H and O–H groups in total. The second kappa shape index (κ2) is 4.46. The van der Waals surface area contributed by atoms with Gasteiger partial charge in [-0.1, -0.05) is 0 Å². The summed E-state index contributed by atoms with van der Waals surface area (Å²) in [6.45, 7) is 3.75. The summed E-state index contributed by atoms with van der Waals surface area (Å²) in [7, 11) is 0. The van der Waals surface area contributed by atoms with Gasteiger partial charge in [-0.05, 0) is 25.3 Å². The number of hydrogen-bond acceptors (Lipinski definition) is 6. The SMILES string of the molecule is Cc1nc(NN)c(C)c(Nc2ccsc2)n1. The van der Waals surface area contributed by atoms with E-state index in [1.807, 2.05) is 30.7 Å². The Morgan fingerprint density at radius 2 is 2.00 bits per heavy atom. The maximum atomic E-state index is 5.40. The van der Waals surface area contributed by atoms with Crippen molar-refractivity contribution in [1.82, 2.24) is 9.97 Å². The van der Waals surface area contributed by atoms with E-state index in [4.69, 9.17) is 5.84 Å². The van der Waals surface area contributed by atoms with Gasteiger partial charge in [-0.2, -0.15) is 11.3 Å². The monoisotopic (exact) mass is 235 g/mol. The summed E-state index contributed by atoms with van der Waals surface area (Å²) in [5.74, 6) is 7.49. The highest BCUT2D eigenvalue weighted by molar-refractivity contribution is 7.08. The van der Waals surface area contributed by atoms with Crippen LogP contribution in [0.2, 0.25) is 0 Å². The average Bonchev–Trinajstić information content (AvgIpc) is 2.75. The molecule has 0 saturated carbocycles. The zero-order valence-corrected chi connectivity index (χ0v) is 9.93. The highest BCUT2D eigenvalue weighted by atomic mass is 32.1. The number of aryl methyl sites for hydroxylation is 1. The Morgan fingerprint density at radius 3 is 2.62 bits per heavy atom. The van der Waals surface area contributed by atoms with E-state index in [9.17, 15) is 0 Å². The number of anilines is 3. The minimum Gasteiger partial charge on any atom is -0.339 e. The van der Waals surface area contributed by atoms with Gasteiger partial charge in [0.05, 0.1) is 5.69 Å². The van der Waals surface area contributed by atoms with Gasteiger partial charge in [0.1, 0.15) is 17.5 Å². The van der Waals surface area contributed by atoms with Crippen LogP contribution in [0.25, 0.3) is 0 Å². The first-order valence-electron chi connectivity index (χ1n) is 4.82. The van der Waals surface area contributed by atoms with Crippen molar-refractivity contribution >= 4 is 28.7 Å². The van der Waals surface area contributed by atoms with Gasteiger partial charge in [-0.15, -0.1) is 0 Å². The molecule has 0 aliphatic heterocycles. The van der Waals surface area contributed by atoms with Crippen molar-refractivity contribution in [2.24, 2.45) is 5.84 Å². The molecule has 0 aromatic carbocycles. The van der Waals surface area contributed by atoms with Crippen molar-refractivity contribution in [1.29, 1.82) is 0 Å². The lowest BCUT2D eigenvalue weighted by molar-refractivity contribution is 1.03. The summed E-state index contributed by atoms with van der Waals surface area (Å²) in [6, 6.07) is 2.00. The lowest BCUT2D eigenvalue weighted by atomic mass is 10.3. The fraction of sp³-hybridized carbons (Fsp3) is 0.200. The van der Waals surface area contributed by atoms with Crippen LogP contribution in [-0.2, 0) is 0 Å². The van der Waals surface area contributed by atoms with Gasteiger partial charge in [-0.25, -0.2) is 15.8 Å². The van der Waals surface area contributed by atoms with Crippen LogP contribution in [0.4, 0.5) is 17.3 Å². The van der Waals surface area contributed by atoms with Gasteiger partial charge in [0.25, 0.3) is 0 Å². The molecule has 0 saturated heterocycles. The molecule has 0 fully saturated rings. The van der Waals surface area contributed by atoms with Crippen molar-refractivity contribution in [3.63, 3.8) is 0 Å². The Kier molecular flexibility index (Phi) is 3.02. The minimum atomic E-state index is 0.644. The lowest BCUT2D eigenvalue weighted by Gasteiger charge is -2.11. The van der Waals surface area contributed by atoms with Gasteiger partial charge in [0.15, 0.2) is 0 Å². The molecule has 0 unspecified atom stereocenters. The molecule has 0 bridgehead atoms. The summed E-state index contributed by atoms with van der Waals surface area (Å²) in [5, 5.41) is 7.26. The van der Waals surface area contributed by atoms with Crippen LogP contribution in [0, 0.1) is 13.8 Å². The smallest absolute Gasteiger partial charge is 0.148 e. The van der Waals surface area contributed by atoms with E-state index in [1.54, 1.807) is 11.3 Å². The fourth-order valence-electron chi connectivity index (χ4n) is 1.36. The van der Waals surface area contributed by atoms with Crippen molar-refractivity contribution in [2.45, 2.75) is 13.8 Å². The van der Waals surface area contributed by atoms with E-state index >= 15 is 0 Å². The zero-order chi connectivity index (χ0) is 11.5. The summed E-state index contributed by atoms with van der Waals surface area (Å²) in [5.41, 5.74) is 4.49. The summed E-state index contributed by atoms with van der Waals surface area (Å²) in [4.78, 5) is 8.54. The molecule has 2 rings (SSSR count). The van der Waals surface area contributed by atoms with Gasteiger partial charge in [-0.3, -0.25) is 0 Å². The fourth-order valence-corrected chi connectivity index (χ4v) is 1.95. The molecule has 5 nitrogen and oxygen atoms in total. The number of hydrazine groups is 1. The molecular weight excluding hydrogens is 222 g/mol. The van der Waals surface area contributed by atoms with Crippen LogP contribution in [0.1, 0.15) is 11.4 Å². The highest BCUT2D eigenvalue weighted by Crippen LogP contribution is 2.23. The number of hydrogen-bond donors (Lipinski definition) is 3. The van der Waals surface area contributed by atoms with Gasteiger partial charge in [0.2, 0.25) is 0 Å². The van der Waals surface area contributed by atoms with Crippen molar-refractivity contribution in [3.05, 3.63) is 28.2 Å². The lowest BCUT2D eigenvalue weighted by Crippen LogP contribution is -2.13. The zero-order valence-electron chi connectivity index (χ0n) is 9.11. The first kappa shape index (κ1) is 10.8. The normalized spacial score (nSPS) is 10.2. The standard InChI is InChI=1S/C10H13N5S/c1-6-9(14-8-3-4-16-5-8)12-7(2)13-10(6)15-11/h3-5H,11H2,1-2H3,(H2,12,13,14,15). The van der Waals surface area contributed by atoms with E-state index in [-0.39, 0.29) is 0 Å². The molecule has 2 aromatic rings. The third kappa shape index (κ3) is 2.12.